The Hall–Kier alpha value is -2.08. The van der Waals surface area contributed by atoms with Gasteiger partial charge in [-0.2, -0.15) is 4.98 Å². The van der Waals surface area contributed by atoms with Gasteiger partial charge in [0.15, 0.2) is 11.5 Å². The van der Waals surface area contributed by atoms with E-state index in [1.165, 1.54) is 38.5 Å². The Morgan fingerprint density at radius 1 is 1.08 bits per heavy atom. The molecule has 25 heavy (non-hydrogen) atoms. The minimum absolute atomic E-state index is 0.574. The van der Waals surface area contributed by atoms with Crippen molar-refractivity contribution in [1.29, 1.82) is 0 Å². The summed E-state index contributed by atoms with van der Waals surface area (Å²) in [6.07, 6.45) is 7.86. The summed E-state index contributed by atoms with van der Waals surface area (Å²) in [4.78, 5) is 6.90. The van der Waals surface area contributed by atoms with Crippen LogP contribution in [0.1, 0.15) is 44.4 Å². The van der Waals surface area contributed by atoms with E-state index in [9.17, 15) is 0 Å². The lowest BCUT2D eigenvalue weighted by molar-refractivity contribution is 0.187. The third-order valence-corrected chi connectivity index (χ3v) is 4.94. The van der Waals surface area contributed by atoms with Gasteiger partial charge in [0.1, 0.15) is 0 Å². The molecule has 0 amide bonds. The quantitative estimate of drug-likeness (QED) is 0.740. The lowest BCUT2D eigenvalue weighted by Gasteiger charge is -2.25. The third-order valence-electron chi connectivity index (χ3n) is 4.94. The summed E-state index contributed by atoms with van der Waals surface area (Å²) in [6.45, 7) is 0.685. The zero-order valence-electron chi connectivity index (χ0n) is 15.3. The van der Waals surface area contributed by atoms with Crippen LogP contribution in [0.5, 0.6) is 11.5 Å². The molecule has 2 aromatic rings. The summed E-state index contributed by atoms with van der Waals surface area (Å²) in [5.74, 6) is 2.56. The number of ether oxygens (including phenoxy) is 2. The summed E-state index contributed by atoms with van der Waals surface area (Å²) >= 11 is 0. The largest absolute Gasteiger partial charge is 0.493 e. The van der Waals surface area contributed by atoms with Crippen molar-refractivity contribution >= 4 is 0 Å². The zero-order valence-corrected chi connectivity index (χ0v) is 15.3. The highest BCUT2D eigenvalue weighted by Crippen LogP contribution is 2.31. The Morgan fingerprint density at radius 3 is 2.48 bits per heavy atom. The maximum absolute atomic E-state index is 5.47. The normalized spacial score (nSPS) is 16.0. The van der Waals surface area contributed by atoms with E-state index in [2.05, 4.69) is 22.1 Å². The zero-order chi connectivity index (χ0) is 17.6. The molecule has 0 saturated heterocycles. The van der Waals surface area contributed by atoms with Crippen molar-refractivity contribution in [3.63, 3.8) is 0 Å². The molecule has 0 N–H and O–H groups in total. The van der Waals surface area contributed by atoms with Crippen molar-refractivity contribution in [2.45, 2.75) is 51.1 Å². The highest BCUT2D eigenvalue weighted by molar-refractivity contribution is 5.60. The average Bonchev–Trinajstić information content (AvgIpc) is 2.93. The first kappa shape index (κ1) is 17.7. The topological polar surface area (TPSA) is 60.6 Å². The van der Waals surface area contributed by atoms with Crippen molar-refractivity contribution in [2.75, 3.05) is 21.3 Å². The van der Waals surface area contributed by atoms with E-state index < -0.39 is 0 Å². The Bertz CT molecular complexity index is 678. The van der Waals surface area contributed by atoms with E-state index in [-0.39, 0.29) is 0 Å². The minimum atomic E-state index is 0.574. The van der Waals surface area contributed by atoms with Crippen LogP contribution >= 0.6 is 0 Å². The second-order valence-corrected chi connectivity index (χ2v) is 6.64. The highest BCUT2D eigenvalue weighted by atomic mass is 16.5. The Morgan fingerprint density at radius 2 is 1.80 bits per heavy atom. The van der Waals surface area contributed by atoms with Crippen LogP contribution in [0.15, 0.2) is 22.7 Å². The molecule has 0 bridgehead atoms. The molecule has 0 atom stereocenters. The van der Waals surface area contributed by atoms with Crippen molar-refractivity contribution < 1.29 is 14.0 Å². The minimum Gasteiger partial charge on any atom is -0.493 e. The summed E-state index contributed by atoms with van der Waals surface area (Å²) < 4.78 is 16.1. The van der Waals surface area contributed by atoms with Crippen LogP contribution in [0.3, 0.4) is 0 Å². The van der Waals surface area contributed by atoms with E-state index >= 15 is 0 Å². The second kappa shape index (κ2) is 8.34. The van der Waals surface area contributed by atoms with Crippen molar-refractivity contribution in [3.8, 4) is 22.9 Å². The van der Waals surface area contributed by atoms with E-state index in [0.717, 1.165) is 5.56 Å². The van der Waals surface area contributed by atoms with Crippen LogP contribution < -0.4 is 9.47 Å². The van der Waals surface area contributed by atoms with Gasteiger partial charge in [0, 0.05) is 11.6 Å². The molecule has 136 valence electrons. The third kappa shape index (κ3) is 4.31. The Labute approximate surface area is 149 Å². The van der Waals surface area contributed by atoms with E-state index in [1.807, 2.05) is 18.2 Å². The fourth-order valence-electron chi connectivity index (χ4n) is 3.45. The summed E-state index contributed by atoms with van der Waals surface area (Å²) in [5, 5.41) is 4.12. The number of aromatic nitrogens is 2. The van der Waals surface area contributed by atoms with Crippen LogP contribution in [-0.2, 0) is 6.54 Å². The van der Waals surface area contributed by atoms with Gasteiger partial charge in [-0.15, -0.1) is 0 Å². The molecule has 1 aliphatic carbocycles. The summed E-state index contributed by atoms with van der Waals surface area (Å²) in [5.41, 5.74) is 0.852. The maximum atomic E-state index is 5.47. The first-order valence-electron chi connectivity index (χ1n) is 8.96. The Kier molecular flexibility index (Phi) is 5.91. The summed E-state index contributed by atoms with van der Waals surface area (Å²) in [7, 11) is 5.38. The molecule has 1 heterocycles. The average molecular weight is 345 g/mol. The molecule has 0 unspecified atom stereocenters. The smallest absolute Gasteiger partial charge is 0.241 e. The number of methoxy groups -OCH3 is 2. The second-order valence-electron chi connectivity index (χ2n) is 6.64. The first-order valence-corrected chi connectivity index (χ1v) is 8.96. The van der Waals surface area contributed by atoms with Crippen molar-refractivity contribution in [3.05, 3.63) is 24.1 Å². The van der Waals surface area contributed by atoms with Crippen molar-refractivity contribution in [1.82, 2.24) is 15.0 Å². The number of nitrogens with zero attached hydrogens (tertiary/aromatic N) is 3. The predicted molar refractivity (Wildman–Crippen MR) is 95.8 cm³/mol. The molecule has 6 nitrogen and oxygen atoms in total. The van der Waals surface area contributed by atoms with Gasteiger partial charge in [-0.1, -0.05) is 30.8 Å². The molecule has 1 fully saturated rings. The van der Waals surface area contributed by atoms with Gasteiger partial charge in [-0.05, 0) is 38.1 Å². The molecule has 0 aliphatic heterocycles. The molecule has 1 aromatic heterocycles. The lowest BCUT2D eigenvalue weighted by atomic mass is 10.1. The van der Waals surface area contributed by atoms with Crippen LogP contribution in [0, 0.1) is 0 Å². The van der Waals surface area contributed by atoms with E-state index in [0.29, 0.717) is 35.8 Å². The first-order chi connectivity index (χ1) is 12.2. The number of hydrogen-bond acceptors (Lipinski definition) is 6. The number of rotatable bonds is 6. The molecule has 3 rings (SSSR count). The Balaban J connectivity index is 1.69. The molecule has 1 aliphatic rings. The molecule has 6 heteroatoms. The van der Waals surface area contributed by atoms with Gasteiger partial charge >= 0.3 is 0 Å². The highest BCUT2D eigenvalue weighted by Gasteiger charge is 2.20. The lowest BCUT2D eigenvalue weighted by Crippen LogP contribution is -2.30. The maximum Gasteiger partial charge on any atom is 0.241 e. The van der Waals surface area contributed by atoms with Crippen LogP contribution in [0.2, 0.25) is 0 Å². The van der Waals surface area contributed by atoms with E-state index in [4.69, 9.17) is 14.0 Å². The standard InChI is InChI=1S/C19H27N3O3/c1-22(15-8-6-4-5-7-9-15)13-18-20-19(21-25-18)14-10-11-16(23-2)17(12-14)24-3/h10-12,15H,4-9,13H2,1-3H3. The van der Waals surface area contributed by atoms with Gasteiger partial charge in [0.2, 0.25) is 11.7 Å². The van der Waals surface area contributed by atoms with Gasteiger partial charge in [-0.25, -0.2) is 0 Å². The van der Waals surface area contributed by atoms with Gasteiger partial charge in [-0.3, -0.25) is 4.90 Å². The van der Waals surface area contributed by atoms with Crippen LogP contribution in [0.25, 0.3) is 11.4 Å². The van der Waals surface area contributed by atoms with Crippen LogP contribution in [-0.4, -0.2) is 42.3 Å². The molecule has 1 aromatic carbocycles. The molecule has 0 spiro atoms. The predicted octanol–water partition coefficient (Wildman–Crippen LogP) is 3.91. The monoisotopic (exact) mass is 345 g/mol. The van der Waals surface area contributed by atoms with Crippen molar-refractivity contribution in [2.24, 2.45) is 0 Å². The fraction of sp³-hybridized carbons (Fsp3) is 0.579. The van der Waals surface area contributed by atoms with Crippen LogP contribution in [0.4, 0.5) is 0 Å². The fourth-order valence-corrected chi connectivity index (χ4v) is 3.45. The molecular weight excluding hydrogens is 318 g/mol. The molecular formula is C19H27N3O3. The SMILES string of the molecule is COc1ccc(-c2noc(CN(C)C3CCCCCC3)n2)cc1OC. The van der Waals surface area contributed by atoms with Gasteiger partial charge in [0.05, 0.1) is 20.8 Å². The number of benzene rings is 1. The van der Waals surface area contributed by atoms with Gasteiger partial charge < -0.3 is 14.0 Å². The molecule has 0 radical (unpaired) electrons. The number of hydrogen-bond donors (Lipinski definition) is 0. The van der Waals surface area contributed by atoms with E-state index in [1.54, 1.807) is 14.2 Å². The summed E-state index contributed by atoms with van der Waals surface area (Å²) in [6, 6.07) is 6.23. The van der Waals surface area contributed by atoms with Gasteiger partial charge in [0.25, 0.3) is 0 Å². The molecule has 1 saturated carbocycles.